The van der Waals surface area contributed by atoms with E-state index in [2.05, 4.69) is 15.3 Å². The van der Waals surface area contributed by atoms with Crippen LogP contribution in [0.15, 0.2) is 30.7 Å². The van der Waals surface area contributed by atoms with E-state index in [1.165, 1.54) is 0 Å². The summed E-state index contributed by atoms with van der Waals surface area (Å²) in [5, 5.41) is 3.37. The molecular formula is C28H34ClN5O4. The van der Waals surface area contributed by atoms with Crippen molar-refractivity contribution in [2.75, 3.05) is 26.7 Å². The van der Waals surface area contributed by atoms with Crippen molar-refractivity contribution in [2.45, 2.75) is 57.6 Å². The maximum atomic E-state index is 14.2. The molecule has 10 heteroatoms. The molecule has 38 heavy (non-hydrogen) atoms. The average Bonchev–Trinajstić information content (AvgIpc) is 3.36. The number of aromatic nitrogens is 2. The van der Waals surface area contributed by atoms with Crippen molar-refractivity contribution in [2.24, 2.45) is 11.8 Å². The molecule has 1 aromatic heterocycles. The number of carbonyl (C=O) groups excluding carboxylic acids is 3. The number of amides is 3. The number of likely N-dealkylation sites (tertiary alicyclic amines) is 1. The molecule has 2 aromatic rings. The number of nitrogens with one attached hydrogen (secondary N) is 1. The van der Waals surface area contributed by atoms with Crippen LogP contribution in [0.5, 0.6) is 5.75 Å². The van der Waals surface area contributed by atoms with Crippen molar-refractivity contribution in [1.82, 2.24) is 25.1 Å². The highest BCUT2D eigenvalue weighted by Crippen LogP contribution is 2.43. The number of carbonyl (C=O) groups is 3. The second-order valence-corrected chi connectivity index (χ2v) is 10.7. The molecule has 1 aliphatic carbocycles. The van der Waals surface area contributed by atoms with Crippen molar-refractivity contribution >= 4 is 29.3 Å². The van der Waals surface area contributed by atoms with Crippen LogP contribution in [0.1, 0.15) is 61.4 Å². The Kier molecular flexibility index (Phi) is 8.12. The Morgan fingerprint density at radius 2 is 1.92 bits per heavy atom. The van der Waals surface area contributed by atoms with E-state index in [4.69, 9.17) is 16.3 Å². The number of benzene rings is 1. The van der Waals surface area contributed by atoms with Crippen LogP contribution in [0.3, 0.4) is 0 Å². The molecule has 0 radical (unpaired) electrons. The van der Waals surface area contributed by atoms with E-state index >= 15 is 0 Å². The maximum Gasteiger partial charge on any atom is 0.227 e. The number of ether oxygens (including phenoxy) is 1. The smallest absolute Gasteiger partial charge is 0.227 e. The van der Waals surface area contributed by atoms with Crippen molar-refractivity contribution in [1.29, 1.82) is 0 Å². The lowest BCUT2D eigenvalue weighted by Gasteiger charge is -2.43. The number of nitrogens with zero attached hydrogens (tertiary/aromatic N) is 4. The zero-order valence-corrected chi connectivity index (χ0v) is 22.5. The Balaban J connectivity index is 1.51. The number of rotatable bonds is 7. The van der Waals surface area contributed by atoms with E-state index in [9.17, 15) is 14.4 Å². The largest absolute Gasteiger partial charge is 0.487 e. The quantitative estimate of drug-likeness (QED) is 0.579. The summed E-state index contributed by atoms with van der Waals surface area (Å²) in [6, 6.07) is 3.24. The van der Waals surface area contributed by atoms with E-state index in [0.717, 1.165) is 30.4 Å². The molecule has 1 saturated heterocycles. The molecule has 3 amide bonds. The van der Waals surface area contributed by atoms with Crippen LogP contribution in [-0.4, -0.2) is 64.2 Å². The van der Waals surface area contributed by atoms with Crippen LogP contribution in [0, 0.1) is 11.8 Å². The first-order chi connectivity index (χ1) is 18.5. The number of halogens is 1. The molecule has 2 unspecified atom stereocenters. The Morgan fingerprint density at radius 3 is 2.63 bits per heavy atom. The summed E-state index contributed by atoms with van der Waals surface area (Å²) in [4.78, 5) is 51.7. The topological polar surface area (TPSA) is 105 Å². The highest BCUT2D eigenvalue weighted by molar-refractivity contribution is 6.31. The monoisotopic (exact) mass is 539 g/mol. The Morgan fingerprint density at radius 1 is 1.11 bits per heavy atom. The van der Waals surface area contributed by atoms with Gasteiger partial charge in [-0.3, -0.25) is 24.4 Å². The molecule has 9 nitrogen and oxygen atoms in total. The van der Waals surface area contributed by atoms with Crippen LogP contribution >= 0.6 is 11.6 Å². The summed E-state index contributed by atoms with van der Waals surface area (Å²) in [5.41, 5.74) is 2.46. The van der Waals surface area contributed by atoms with E-state index < -0.39 is 6.04 Å². The van der Waals surface area contributed by atoms with E-state index in [1.54, 1.807) is 25.6 Å². The molecule has 1 N–H and O–H groups in total. The van der Waals surface area contributed by atoms with Gasteiger partial charge >= 0.3 is 0 Å². The highest BCUT2D eigenvalue weighted by Gasteiger charge is 2.43. The van der Waals surface area contributed by atoms with Gasteiger partial charge in [0, 0.05) is 67.9 Å². The van der Waals surface area contributed by atoms with Gasteiger partial charge in [0.05, 0.1) is 17.9 Å². The molecule has 202 valence electrons. The van der Waals surface area contributed by atoms with Gasteiger partial charge in [-0.05, 0) is 43.4 Å². The minimum atomic E-state index is -0.420. The fourth-order valence-electron chi connectivity index (χ4n) is 6.16. The normalized spacial score (nSPS) is 23.2. The maximum absolute atomic E-state index is 14.2. The summed E-state index contributed by atoms with van der Waals surface area (Å²) < 4.78 is 6.25. The standard InChI is InChI=1S/C28H34ClN5O4/c1-30-27(36)19-5-2-3-6-20(19)28(37)34-14-10-21-22(29)8-9-24(38-17-18-15-31-11-12-32-18)26(21)23(34)16-33-13-4-7-25(33)35/h8-9,11-12,15,19-20,23H,2-7,10,13-14,16-17H2,1H3,(H,30,36)/t19?,20?,23-/m1/s1. The molecule has 1 saturated carbocycles. The van der Waals surface area contributed by atoms with Crippen molar-refractivity contribution in [3.8, 4) is 5.75 Å². The van der Waals surface area contributed by atoms with Gasteiger partial charge in [-0.25, -0.2) is 0 Å². The van der Waals surface area contributed by atoms with Crippen molar-refractivity contribution in [3.63, 3.8) is 0 Å². The molecular weight excluding hydrogens is 506 g/mol. The molecule has 3 heterocycles. The molecule has 2 fully saturated rings. The third-order valence-corrected chi connectivity index (χ3v) is 8.43. The lowest BCUT2D eigenvalue weighted by molar-refractivity contribution is -0.147. The molecule has 3 atom stereocenters. The minimum absolute atomic E-state index is 0.0274. The third-order valence-electron chi connectivity index (χ3n) is 8.08. The zero-order valence-electron chi connectivity index (χ0n) is 21.7. The third kappa shape index (κ3) is 5.34. The number of hydrogen-bond donors (Lipinski definition) is 1. The average molecular weight is 540 g/mol. The van der Waals surface area contributed by atoms with E-state index in [0.29, 0.717) is 61.8 Å². The fourth-order valence-corrected chi connectivity index (χ4v) is 6.42. The summed E-state index contributed by atoms with van der Waals surface area (Å²) in [6.07, 6.45) is 10.0. The Labute approximate surface area is 227 Å². The first-order valence-corrected chi connectivity index (χ1v) is 13.8. The van der Waals surface area contributed by atoms with Gasteiger partial charge in [0.15, 0.2) is 0 Å². The molecule has 3 aliphatic rings. The SMILES string of the molecule is CNC(=O)C1CCCCC1C(=O)N1CCc2c(Cl)ccc(OCc3cnccn3)c2[C@H]1CN1CCCC1=O. The molecule has 0 bridgehead atoms. The van der Waals surface area contributed by atoms with Crippen LogP contribution in [-0.2, 0) is 27.4 Å². The predicted octanol–water partition coefficient (Wildman–Crippen LogP) is 3.31. The van der Waals surface area contributed by atoms with Crippen molar-refractivity contribution in [3.05, 3.63) is 52.6 Å². The summed E-state index contributed by atoms with van der Waals surface area (Å²) in [6.45, 7) is 1.72. The lowest BCUT2D eigenvalue weighted by Crippen LogP contribution is -2.50. The first kappa shape index (κ1) is 26.4. The van der Waals surface area contributed by atoms with Gasteiger partial charge < -0.3 is 19.9 Å². The van der Waals surface area contributed by atoms with Gasteiger partial charge in [-0.2, -0.15) is 0 Å². The second kappa shape index (κ2) is 11.7. The lowest BCUT2D eigenvalue weighted by atomic mass is 9.77. The number of hydrogen-bond acceptors (Lipinski definition) is 6. The van der Waals surface area contributed by atoms with Gasteiger partial charge in [-0.1, -0.05) is 24.4 Å². The zero-order chi connectivity index (χ0) is 26.6. The fraction of sp³-hybridized carbons (Fsp3) is 0.536. The van der Waals surface area contributed by atoms with Crippen LogP contribution in [0.25, 0.3) is 0 Å². The van der Waals surface area contributed by atoms with Crippen LogP contribution in [0.2, 0.25) is 5.02 Å². The number of fused-ring (bicyclic) bond motifs is 1. The Bertz CT molecular complexity index is 1190. The highest BCUT2D eigenvalue weighted by atomic mass is 35.5. The van der Waals surface area contributed by atoms with Gasteiger partial charge in [0.2, 0.25) is 17.7 Å². The van der Waals surface area contributed by atoms with Gasteiger partial charge in [-0.15, -0.1) is 0 Å². The molecule has 1 aromatic carbocycles. The van der Waals surface area contributed by atoms with Crippen LogP contribution < -0.4 is 10.1 Å². The summed E-state index contributed by atoms with van der Waals surface area (Å²) in [5.74, 6) is -0.123. The first-order valence-electron chi connectivity index (χ1n) is 13.5. The van der Waals surface area contributed by atoms with Crippen molar-refractivity contribution < 1.29 is 19.1 Å². The summed E-state index contributed by atoms with van der Waals surface area (Å²) in [7, 11) is 1.63. The van der Waals surface area contributed by atoms with Gasteiger partial charge in [0.1, 0.15) is 12.4 Å². The molecule has 5 rings (SSSR count). The predicted molar refractivity (Wildman–Crippen MR) is 141 cm³/mol. The molecule has 0 spiro atoms. The second-order valence-electron chi connectivity index (χ2n) is 10.3. The van der Waals surface area contributed by atoms with Gasteiger partial charge in [0.25, 0.3) is 0 Å². The van der Waals surface area contributed by atoms with E-state index in [1.807, 2.05) is 21.9 Å². The summed E-state index contributed by atoms with van der Waals surface area (Å²) >= 11 is 6.69. The van der Waals surface area contributed by atoms with E-state index in [-0.39, 0.29) is 36.2 Å². The Hall–Kier alpha value is -3.20. The molecule has 2 aliphatic heterocycles. The minimum Gasteiger partial charge on any atom is -0.487 e. The van der Waals surface area contributed by atoms with Crippen LogP contribution in [0.4, 0.5) is 0 Å².